The van der Waals surface area contributed by atoms with Crippen LogP contribution in [0.1, 0.15) is 40.6 Å². The first-order valence-electron chi connectivity index (χ1n) is 7.69. The van der Waals surface area contributed by atoms with Crippen molar-refractivity contribution in [3.05, 3.63) is 40.3 Å². The Morgan fingerprint density at radius 2 is 2.25 bits per heavy atom. The number of halogens is 1. The van der Waals surface area contributed by atoms with Gasteiger partial charge in [0.2, 0.25) is 5.88 Å². The first kappa shape index (κ1) is 16.7. The Morgan fingerprint density at radius 3 is 2.75 bits per heavy atom. The number of aliphatic hydroxyl groups excluding tert-OH is 1. The molecule has 3 N–H and O–H groups in total. The molecule has 0 saturated heterocycles. The van der Waals surface area contributed by atoms with Gasteiger partial charge in [-0.25, -0.2) is 4.98 Å². The van der Waals surface area contributed by atoms with Gasteiger partial charge in [-0.05, 0) is 31.2 Å². The van der Waals surface area contributed by atoms with Crippen molar-refractivity contribution in [2.75, 3.05) is 7.11 Å². The van der Waals surface area contributed by atoms with Crippen molar-refractivity contribution < 1.29 is 14.6 Å². The second-order valence-electron chi connectivity index (χ2n) is 5.98. The fourth-order valence-electron chi connectivity index (χ4n) is 2.85. The van der Waals surface area contributed by atoms with Gasteiger partial charge in [0.05, 0.1) is 30.0 Å². The zero-order chi connectivity index (χ0) is 17.3. The quantitative estimate of drug-likeness (QED) is 0.766. The summed E-state index contributed by atoms with van der Waals surface area (Å²) >= 11 is 6.10. The predicted octanol–water partition coefficient (Wildman–Crippen LogP) is 2.02. The molecule has 1 fully saturated rings. The molecule has 0 aromatic carbocycles. The zero-order valence-corrected chi connectivity index (χ0v) is 14.2. The van der Waals surface area contributed by atoms with Crippen LogP contribution in [-0.2, 0) is 0 Å². The molecule has 2 aromatic rings. The number of nitrogens with one attached hydrogen (secondary N) is 2. The average molecular weight is 351 g/mol. The Kier molecular flexibility index (Phi) is 4.73. The van der Waals surface area contributed by atoms with Crippen molar-refractivity contribution in [2.24, 2.45) is 5.92 Å². The van der Waals surface area contributed by atoms with Gasteiger partial charge < -0.3 is 15.2 Å². The largest absolute Gasteiger partial charge is 0.481 e. The molecule has 0 aliphatic heterocycles. The third-order valence-electron chi connectivity index (χ3n) is 4.32. The maximum absolute atomic E-state index is 12.5. The molecule has 1 aliphatic rings. The van der Waals surface area contributed by atoms with E-state index in [1.165, 1.54) is 0 Å². The number of rotatable bonds is 5. The van der Waals surface area contributed by atoms with Crippen LogP contribution in [0.2, 0.25) is 5.02 Å². The van der Waals surface area contributed by atoms with Gasteiger partial charge in [-0.2, -0.15) is 5.10 Å². The van der Waals surface area contributed by atoms with E-state index in [4.69, 9.17) is 16.3 Å². The van der Waals surface area contributed by atoms with Gasteiger partial charge in [-0.3, -0.25) is 9.89 Å². The van der Waals surface area contributed by atoms with E-state index >= 15 is 0 Å². The van der Waals surface area contributed by atoms with E-state index in [2.05, 4.69) is 20.5 Å². The molecule has 7 nitrogen and oxygen atoms in total. The van der Waals surface area contributed by atoms with E-state index < -0.39 is 0 Å². The van der Waals surface area contributed by atoms with Crippen molar-refractivity contribution in [2.45, 2.75) is 31.9 Å². The molecule has 8 heteroatoms. The van der Waals surface area contributed by atoms with Gasteiger partial charge in [0.25, 0.3) is 5.91 Å². The molecule has 24 heavy (non-hydrogen) atoms. The number of carbonyl (C=O) groups excluding carboxylic acids is 1. The normalized spacial score (nSPS) is 21.0. The minimum atomic E-state index is -0.355. The monoisotopic (exact) mass is 350 g/mol. The molecule has 2 aromatic heterocycles. The first-order valence-corrected chi connectivity index (χ1v) is 8.06. The van der Waals surface area contributed by atoms with E-state index in [1.54, 1.807) is 26.3 Å². The molecule has 2 heterocycles. The number of hydrogen-bond donors (Lipinski definition) is 3. The fraction of sp³-hybridized carbons (Fsp3) is 0.438. The fourth-order valence-corrected chi connectivity index (χ4v) is 3.02. The Bertz CT molecular complexity index is 725. The van der Waals surface area contributed by atoms with Crippen molar-refractivity contribution in [1.82, 2.24) is 20.5 Å². The number of methoxy groups -OCH3 is 1. The second kappa shape index (κ2) is 6.78. The molecular weight excluding hydrogens is 332 g/mol. The van der Waals surface area contributed by atoms with E-state index in [0.29, 0.717) is 29.4 Å². The Morgan fingerprint density at radius 1 is 1.50 bits per heavy atom. The van der Waals surface area contributed by atoms with Crippen LogP contribution in [-0.4, -0.2) is 39.4 Å². The van der Waals surface area contributed by atoms with Gasteiger partial charge in [-0.15, -0.1) is 0 Å². The van der Waals surface area contributed by atoms with Crippen molar-refractivity contribution in [1.29, 1.82) is 0 Å². The number of hydrogen-bond acceptors (Lipinski definition) is 5. The third-order valence-corrected chi connectivity index (χ3v) is 4.79. The summed E-state index contributed by atoms with van der Waals surface area (Å²) in [6.07, 6.45) is 2.61. The molecule has 0 unspecified atom stereocenters. The highest BCUT2D eigenvalue weighted by atomic mass is 35.5. The van der Waals surface area contributed by atoms with Crippen LogP contribution in [0.5, 0.6) is 5.88 Å². The van der Waals surface area contributed by atoms with E-state index in [0.717, 1.165) is 5.56 Å². The average Bonchev–Trinajstić information content (AvgIpc) is 2.89. The van der Waals surface area contributed by atoms with Crippen LogP contribution in [0.15, 0.2) is 18.3 Å². The molecule has 1 saturated carbocycles. The number of carbonyl (C=O) groups is 1. The highest BCUT2D eigenvalue weighted by Crippen LogP contribution is 2.38. The molecule has 1 amide bonds. The highest BCUT2D eigenvalue weighted by Gasteiger charge is 2.36. The van der Waals surface area contributed by atoms with Gasteiger partial charge in [-0.1, -0.05) is 17.7 Å². The topological polar surface area (TPSA) is 100 Å². The lowest BCUT2D eigenvalue weighted by atomic mass is 9.75. The maximum atomic E-state index is 12.5. The number of aryl methyl sites for hydroxylation is 1. The standard InChI is InChI=1S/C16H19ClN4O3/c1-8-13(17)15(21-20-8)16(23)19-14(10-5-11(22)6-10)9-3-4-12(24-2)18-7-9/h3-4,7,10-11,14,22H,5-6H2,1-2H3,(H,19,23)(H,20,21)/t10?,11?,14-/m1/s1. The molecule has 1 aliphatic carbocycles. The second-order valence-corrected chi connectivity index (χ2v) is 6.36. The highest BCUT2D eigenvalue weighted by molar-refractivity contribution is 6.34. The van der Waals surface area contributed by atoms with E-state index in [9.17, 15) is 9.90 Å². The van der Waals surface area contributed by atoms with Crippen LogP contribution in [0.25, 0.3) is 0 Å². The molecule has 1 atom stereocenters. The predicted molar refractivity (Wildman–Crippen MR) is 88.1 cm³/mol. The summed E-state index contributed by atoms with van der Waals surface area (Å²) in [5.74, 6) is 0.285. The van der Waals surface area contributed by atoms with Crippen molar-refractivity contribution in [3.63, 3.8) is 0 Å². The summed E-state index contributed by atoms with van der Waals surface area (Å²) in [4.78, 5) is 16.7. The van der Waals surface area contributed by atoms with Crippen LogP contribution in [0.4, 0.5) is 0 Å². The summed E-state index contributed by atoms with van der Waals surface area (Å²) in [6.45, 7) is 1.75. The van der Waals surface area contributed by atoms with Gasteiger partial charge in [0, 0.05) is 12.3 Å². The number of ether oxygens (including phenoxy) is 1. The number of aromatic amines is 1. The van der Waals surface area contributed by atoms with Crippen molar-refractivity contribution in [3.8, 4) is 5.88 Å². The molecular formula is C16H19ClN4O3. The summed E-state index contributed by atoms with van der Waals surface area (Å²) in [6, 6.07) is 3.33. The van der Waals surface area contributed by atoms with Crippen LogP contribution in [0.3, 0.4) is 0 Å². The number of amides is 1. The molecule has 3 rings (SSSR count). The van der Waals surface area contributed by atoms with E-state index in [-0.39, 0.29) is 29.7 Å². The number of H-pyrrole nitrogens is 1. The zero-order valence-electron chi connectivity index (χ0n) is 13.4. The van der Waals surface area contributed by atoms with Gasteiger partial charge in [0.15, 0.2) is 5.69 Å². The number of nitrogens with zero attached hydrogens (tertiary/aromatic N) is 2. The van der Waals surface area contributed by atoms with Crippen LogP contribution < -0.4 is 10.1 Å². The summed E-state index contributed by atoms with van der Waals surface area (Å²) in [5, 5.41) is 19.5. The smallest absolute Gasteiger partial charge is 0.273 e. The molecule has 0 radical (unpaired) electrons. The summed E-state index contributed by atoms with van der Waals surface area (Å²) in [7, 11) is 1.55. The van der Waals surface area contributed by atoms with E-state index in [1.807, 2.05) is 6.07 Å². The van der Waals surface area contributed by atoms with Crippen LogP contribution in [0, 0.1) is 12.8 Å². The minimum Gasteiger partial charge on any atom is -0.481 e. The summed E-state index contributed by atoms with van der Waals surface area (Å²) < 4.78 is 5.07. The van der Waals surface area contributed by atoms with Gasteiger partial charge in [0.1, 0.15) is 0 Å². The number of pyridine rings is 1. The third kappa shape index (κ3) is 3.22. The Labute approximate surface area is 144 Å². The summed E-state index contributed by atoms with van der Waals surface area (Å²) in [5.41, 5.74) is 1.66. The SMILES string of the molecule is COc1ccc([C@@H](NC(=O)c2n[nH]c(C)c2Cl)C2CC(O)C2)cn1. The molecule has 128 valence electrons. The Balaban J connectivity index is 1.82. The molecule has 0 bridgehead atoms. The van der Waals surface area contributed by atoms with Crippen molar-refractivity contribution >= 4 is 17.5 Å². The maximum Gasteiger partial charge on any atom is 0.273 e. The van der Waals surface area contributed by atoms with Gasteiger partial charge >= 0.3 is 0 Å². The minimum absolute atomic E-state index is 0.137. The van der Waals surface area contributed by atoms with Crippen LogP contribution >= 0.6 is 11.6 Å². The lowest BCUT2D eigenvalue weighted by Gasteiger charge is -2.38. The lowest BCUT2D eigenvalue weighted by molar-refractivity contribution is 0.0234. The Hall–Kier alpha value is -2.12. The first-order chi connectivity index (χ1) is 11.5. The molecule has 0 spiro atoms. The number of aliphatic hydroxyl groups is 1. The number of aromatic nitrogens is 3. The lowest BCUT2D eigenvalue weighted by Crippen LogP contribution is -2.41.